The third-order valence-corrected chi connectivity index (χ3v) is 3.05. The molecule has 1 aromatic carbocycles. The van der Waals surface area contributed by atoms with Crippen molar-refractivity contribution in [2.45, 2.75) is 6.18 Å². The van der Waals surface area contributed by atoms with E-state index in [2.05, 4.69) is 25.3 Å². The molecule has 0 fully saturated rings. The molecule has 0 spiro atoms. The Balaban J connectivity index is 2.61. The van der Waals surface area contributed by atoms with E-state index in [0.717, 1.165) is 23.7 Å². The molecule has 2 rings (SSSR count). The highest BCUT2D eigenvalue weighted by Gasteiger charge is 2.35. The van der Waals surface area contributed by atoms with Crippen LogP contribution < -0.4 is 0 Å². The number of hydrogen-bond acceptors (Lipinski definition) is 3. The molecule has 0 aliphatic rings. The van der Waals surface area contributed by atoms with Crippen LogP contribution in [0.5, 0.6) is 0 Å². The fourth-order valence-electron chi connectivity index (χ4n) is 1.26. The first-order chi connectivity index (χ1) is 7.88. The van der Waals surface area contributed by atoms with E-state index in [0.29, 0.717) is 9.98 Å². The van der Waals surface area contributed by atoms with Gasteiger partial charge in [0.25, 0.3) is 0 Å². The maximum absolute atomic E-state index is 12.9. The Morgan fingerprint density at radius 2 is 1.94 bits per heavy atom. The van der Waals surface area contributed by atoms with Crippen LogP contribution in [0, 0.1) is 5.82 Å². The van der Waals surface area contributed by atoms with Gasteiger partial charge < -0.3 is 0 Å². The van der Waals surface area contributed by atoms with Crippen molar-refractivity contribution in [3.63, 3.8) is 0 Å². The van der Waals surface area contributed by atoms with E-state index in [-0.39, 0.29) is 11.4 Å². The number of rotatable bonds is 1. The normalized spacial score (nSPS) is 11.8. The molecule has 0 unspecified atom stereocenters. The van der Waals surface area contributed by atoms with Crippen LogP contribution in [-0.4, -0.2) is 9.36 Å². The molecule has 0 radical (unpaired) electrons. The van der Waals surface area contributed by atoms with Crippen molar-refractivity contribution in [1.29, 1.82) is 0 Å². The molecule has 0 aliphatic heterocycles. The van der Waals surface area contributed by atoms with Gasteiger partial charge in [-0.1, -0.05) is 0 Å². The molecular weight excluding hydrogens is 324 g/mol. The van der Waals surface area contributed by atoms with Crippen LogP contribution in [0.2, 0.25) is 0 Å². The zero-order chi connectivity index (χ0) is 12.6. The molecule has 90 valence electrons. The van der Waals surface area contributed by atoms with E-state index in [1.165, 1.54) is 0 Å². The zero-order valence-corrected chi connectivity index (χ0v) is 10.3. The second-order valence-electron chi connectivity index (χ2n) is 3.06. The van der Waals surface area contributed by atoms with E-state index in [9.17, 15) is 17.6 Å². The number of halogens is 5. The fraction of sp³-hybridized carbons (Fsp3) is 0.111. The lowest BCUT2D eigenvalue weighted by Crippen LogP contribution is -2.08. The first-order valence-corrected chi connectivity index (χ1v) is 5.81. The summed E-state index contributed by atoms with van der Waals surface area (Å²) < 4.78 is 55.0. The summed E-state index contributed by atoms with van der Waals surface area (Å²) in [6.45, 7) is 0. The minimum atomic E-state index is -4.64. The van der Waals surface area contributed by atoms with Gasteiger partial charge in [-0.3, -0.25) is 0 Å². The summed E-state index contributed by atoms with van der Waals surface area (Å²) in [5.41, 5.74) is -1.32. The van der Waals surface area contributed by atoms with Crippen molar-refractivity contribution in [2.24, 2.45) is 0 Å². The van der Waals surface area contributed by atoms with Crippen molar-refractivity contribution in [3.8, 4) is 11.4 Å². The van der Waals surface area contributed by atoms with Gasteiger partial charge in [0.15, 0.2) is 9.74 Å². The van der Waals surface area contributed by atoms with Crippen molar-refractivity contribution >= 4 is 27.5 Å². The zero-order valence-electron chi connectivity index (χ0n) is 7.92. The second kappa shape index (κ2) is 4.34. The van der Waals surface area contributed by atoms with Gasteiger partial charge in [-0.05, 0) is 45.7 Å². The minimum Gasteiger partial charge on any atom is -0.208 e. The summed E-state index contributed by atoms with van der Waals surface area (Å²) in [6, 6.07) is 2.40. The molecule has 8 heteroatoms. The molecule has 1 aromatic heterocycles. The molecule has 0 saturated heterocycles. The van der Waals surface area contributed by atoms with Gasteiger partial charge >= 0.3 is 6.18 Å². The lowest BCUT2D eigenvalue weighted by atomic mass is 10.1. The summed E-state index contributed by atoms with van der Waals surface area (Å²) in [5.74, 6) is -1.02. The topological polar surface area (TPSA) is 25.8 Å². The molecule has 0 aliphatic carbocycles. The summed E-state index contributed by atoms with van der Waals surface area (Å²) in [5, 5.41) is 0. The molecule has 0 saturated carbocycles. The standard InChI is InChI=1S/C9H3BrF4N2S/c10-8-15-7(16-17-8)5-2-1-4(11)3-6(5)9(12,13)14/h1-3H. The summed E-state index contributed by atoms with van der Waals surface area (Å²) in [7, 11) is 0. The highest BCUT2D eigenvalue weighted by molar-refractivity contribution is 9.11. The molecule has 0 bridgehead atoms. The van der Waals surface area contributed by atoms with Gasteiger partial charge in [-0.25, -0.2) is 9.37 Å². The van der Waals surface area contributed by atoms with Crippen LogP contribution in [0.3, 0.4) is 0 Å². The van der Waals surface area contributed by atoms with E-state index in [4.69, 9.17) is 0 Å². The third kappa shape index (κ3) is 2.63. The van der Waals surface area contributed by atoms with Crippen molar-refractivity contribution in [3.05, 3.63) is 33.5 Å². The Labute approximate surface area is 106 Å². The van der Waals surface area contributed by atoms with Gasteiger partial charge in [0.1, 0.15) is 5.82 Å². The smallest absolute Gasteiger partial charge is 0.208 e. The molecule has 0 N–H and O–H groups in total. The van der Waals surface area contributed by atoms with Gasteiger partial charge in [-0.2, -0.15) is 17.5 Å². The molecule has 2 aromatic rings. The number of hydrogen-bond donors (Lipinski definition) is 0. The predicted octanol–water partition coefficient (Wildman–Crippen LogP) is 4.13. The lowest BCUT2D eigenvalue weighted by Gasteiger charge is -2.10. The van der Waals surface area contributed by atoms with Gasteiger partial charge in [0.2, 0.25) is 0 Å². The molecular formula is C9H3BrF4N2S. The Morgan fingerprint density at radius 3 is 2.47 bits per heavy atom. The van der Waals surface area contributed by atoms with Crippen molar-refractivity contribution in [1.82, 2.24) is 9.36 Å². The SMILES string of the molecule is Fc1ccc(-c2nsc(Br)n2)c(C(F)(F)F)c1. The first-order valence-electron chi connectivity index (χ1n) is 4.24. The Hall–Kier alpha value is -1.02. The summed E-state index contributed by atoms with van der Waals surface area (Å²) in [4.78, 5) is 3.79. The number of nitrogens with zero attached hydrogens (tertiary/aromatic N) is 2. The maximum atomic E-state index is 12.9. The molecule has 0 amide bonds. The van der Waals surface area contributed by atoms with E-state index in [1.54, 1.807) is 0 Å². The summed E-state index contributed by atoms with van der Waals surface area (Å²) in [6.07, 6.45) is -4.64. The highest BCUT2D eigenvalue weighted by atomic mass is 79.9. The lowest BCUT2D eigenvalue weighted by molar-refractivity contribution is -0.137. The third-order valence-electron chi connectivity index (χ3n) is 1.93. The van der Waals surface area contributed by atoms with Gasteiger partial charge in [0.05, 0.1) is 5.56 Å². The Bertz CT molecular complexity index is 552. The van der Waals surface area contributed by atoms with Crippen LogP contribution in [0.4, 0.5) is 17.6 Å². The highest BCUT2D eigenvalue weighted by Crippen LogP contribution is 2.37. The minimum absolute atomic E-state index is 0.0748. The van der Waals surface area contributed by atoms with Gasteiger partial charge in [-0.15, -0.1) is 0 Å². The van der Waals surface area contributed by atoms with Gasteiger partial charge in [0, 0.05) is 5.56 Å². The monoisotopic (exact) mass is 326 g/mol. The maximum Gasteiger partial charge on any atom is 0.417 e. The fourth-order valence-corrected chi connectivity index (χ4v) is 2.07. The van der Waals surface area contributed by atoms with Crippen LogP contribution in [0.15, 0.2) is 22.1 Å². The van der Waals surface area contributed by atoms with E-state index < -0.39 is 17.6 Å². The van der Waals surface area contributed by atoms with Crippen molar-refractivity contribution < 1.29 is 17.6 Å². The van der Waals surface area contributed by atoms with Crippen LogP contribution in [-0.2, 0) is 6.18 Å². The predicted molar refractivity (Wildman–Crippen MR) is 58.0 cm³/mol. The largest absolute Gasteiger partial charge is 0.417 e. The Kier molecular flexibility index (Phi) is 3.17. The number of alkyl halides is 3. The number of benzene rings is 1. The molecule has 0 atom stereocenters. The van der Waals surface area contributed by atoms with E-state index in [1.807, 2.05) is 0 Å². The summed E-state index contributed by atoms with van der Waals surface area (Å²) >= 11 is 3.93. The van der Waals surface area contributed by atoms with Crippen LogP contribution in [0.1, 0.15) is 5.56 Å². The average molecular weight is 327 g/mol. The van der Waals surface area contributed by atoms with E-state index >= 15 is 0 Å². The van der Waals surface area contributed by atoms with Crippen molar-refractivity contribution in [2.75, 3.05) is 0 Å². The van der Waals surface area contributed by atoms with Crippen LogP contribution >= 0.6 is 27.5 Å². The molecule has 17 heavy (non-hydrogen) atoms. The average Bonchev–Trinajstić information content (AvgIpc) is 2.63. The molecule has 2 nitrogen and oxygen atoms in total. The molecule has 1 heterocycles. The first kappa shape index (κ1) is 12.4. The number of aromatic nitrogens is 2. The Morgan fingerprint density at radius 1 is 1.24 bits per heavy atom. The van der Waals surface area contributed by atoms with Crippen LogP contribution in [0.25, 0.3) is 11.4 Å². The quantitative estimate of drug-likeness (QED) is 0.736. The second-order valence-corrected chi connectivity index (χ2v) is 5.09.